The molecule has 2 heterocycles. The van der Waals surface area contributed by atoms with Gasteiger partial charge in [-0.05, 0) is 29.7 Å². The van der Waals surface area contributed by atoms with Crippen molar-refractivity contribution in [3.63, 3.8) is 0 Å². The first-order valence-corrected chi connectivity index (χ1v) is 8.66. The highest BCUT2D eigenvalue weighted by Crippen LogP contribution is 2.28. The second-order valence-corrected chi connectivity index (χ2v) is 7.50. The molecule has 0 atom stereocenters. The molecule has 6 heteroatoms. The van der Waals surface area contributed by atoms with Crippen molar-refractivity contribution >= 4 is 28.6 Å². The molecule has 4 nitrogen and oxygen atoms in total. The van der Waals surface area contributed by atoms with E-state index < -0.39 is 0 Å². The number of aromatic nitrogens is 1. The van der Waals surface area contributed by atoms with Crippen molar-refractivity contribution in [3.05, 3.63) is 28.6 Å². The van der Waals surface area contributed by atoms with Gasteiger partial charge in [-0.25, -0.2) is 4.98 Å². The lowest BCUT2D eigenvalue weighted by atomic mass is 9.88. The molecule has 0 aromatic carbocycles. The highest BCUT2D eigenvalue weighted by Gasteiger charge is 2.20. The van der Waals surface area contributed by atoms with Gasteiger partial charge in [0.2, 0.25) is 0 Å². The highest BCUT2D eigenvalue weighted by molar-refractivity contribution is 7.20. The monoisotopic (exact) mass is 324 g/mol. The van der Waals surface area contributed by atoms with Crippen LogP contribution in [-0.2, 0) is 0 Å². The average molecular weight is 324 g/mol. The Morgan fingerprint density at radius 3 is 2.90 bits per heavy atom. The smallest absolute Gasteiger partial charge is 0.270 e. The van der Waals surface area contributed by atoms with E-state index in [-0.39, 0.29) is 17.9 Å². The van der Waals surface area contributed by atoms with Crippen LogP contribution in [0, 0.1) is 5.41 Å². The second kappa shape index (κ2) is 7.15. The summed E-state index contributed by atoms with van der Waals surface area (Å²) in [6.07, 6.45) is 1.63. The molecule has 2 aromatic heterocycles. The van der Waals surface area contributed by atoms with E-state index in [1.54, 1.807) is 16.7 Å². The summed E-state index contributed by atoms with van der Waals surface area (Å²) in [7, 11) is 0. The van der Waals surface area contributed by atoms with Crippen molar-refractivity contribution in [3.8, 4) is 9.88 Å². The molecule has 1 amide bonds. The van der Waals surface area contributed by atoms with Crippen LogP contribution in [0.1, 0.15) is 37.2 Å². The molecule has 0 aliphatic rings. The predicted octanol–water partition coefficient (Wildman–Crippen LogP) is 3.40. The molecule has 2 N–H and O–H groups in total. The van der Waals surface area contributed by atoms with Gasteiger partial charge in [0.15, 0.2) is 0 Å². The minimum absolute atomic E-state index is 0.0228. The van der Waals surface area contributed by atoms with E-state index in [0.29, 0.717) is 12.2 Å². The molecule has 0 saturated carbocycles. The number of thiophene rings is 1. The third-order valence-corrected chi connectivity index (χ3v) is 5.09. The van der Waals surface area contributed by atoms with E-state index in [2.05, 4.69) is 24.1 Å². The van der Waals surface area contributed by atoms with Crippen molar-refractivity contribution in [2.45, 2.75) is 26.7 Å². The summed E-state index contributed by atoms with van der Waals surface area (Å²) in [5.41, 5.74) is 0.451. The molecular weight excluding hydrogens is 304 g/mol. The zero-order valence-electron chi connectivity index (χ0n) is 12.3. The van der Waals surface area contributed by atoms with Crippen molar-refractivity contribution in [2.75, 3.05) is 13.2 Å². The Hall–Kier alpha value is -1.24. The van der Waals surface area contributed by atoms with Crippen LogP contribution >= 0.6 is 22.7 Å². The van der Waals surface area contributed by atoms with Crippen molar-refractivity contribution in [1.29, 1.82) is 0 Å². The number of hydrogen-bond donors (Lipinski definition) is 2. The molecule has 0 saturated heterocycles. The molecular formula is C15H20N2O2S2. The summed E-state index contributed by atoms with van der Waals surface area (Å²) in [5, 5.41) is 16.5. The Labute approximate surface area is 132 Å². The molecule has 2 aromatic rings. The van der Waals surface area contributed by atoms with Gasteiger partial charge in [0.1, 0.15) is 10.7 Å². The topological polar surface area (TPSA) is 62.2 Å². The maximum atomic E-state index is 12.1. The first-order chi connectivity index (χ1) is 10.0. The van der Waals surface area contributed by atoms with Gasteiger partial charge >= 0.3 is 0 Å². The molecule has 21 heavy (non-hydrogen) atoms. The van der Waals surface area contributed by atoms with E-state index in [9.17, 15) is 4.79 Å². The van der Waals surface area contributed by atoms with Crippen LogP contribution in [0.25, 0.3) is 9.88 Å². The number of hydrogen-bond acceptors (Lipinski definition) is 5. The maximum absolute atomic E-state index is 12.1. The zero-order valence-corrected chi connectivity index (χ0v) is 13.9. The maximum Gasteiger partial charge on any atom is 0.270 e. The van der Waals surface area contributed by atoms with E-state index in [1.807, 2.05) is 17.5 Å². The SMILES string of the molecule is CC(C)(CCCO)CNC(=O)c1csc(-c2cccs2)n1. The van der Waals surface area contributed by atoms with Crippen LogP contribution in [-0.4, -0.2) is 29.1 Å². The number of aliphatic hydroxyl groups excluding tert-OH is 1. The van der Waals surface area contributed by atoms with E-state index in [4.69, 9.17) is 5.11 Å². The van der Waals surface area contributed by atoms with E-state index >= 15 is 0 Å². The van der Waals surface area contributed by atoms with E-state index in [1.165, 1.54) is 11.3 Å². The minimum Gasteiger partial charge on any atom is -0.396 e. The Morgan fingerprint density at radius 2 is 2.24 bits per heavy atom. The number of rotatable bonds is 7. The fourth-order valence-corrected chi connectivity index (χ4v) is 3.56. The fraction of sp³-hybridized carbons (Fsp3) is 0.467. The Kier molecular flexibility index (Phi) is 5.50. The normalized spacial score (nSPS) is 11.6. The van der Waals surface area contributed by atoms with Crippen LogP contribution in [0.15, 0.2) is 22.9 Å². The van der Waals surface area contributed by atoms with Gasteiger partial charge < -0.3 is 10.4 Å². The molecule has 0 aliphatic carbocycles. The lowest BCUT2D eigenvalue weighted by molar-refractivity contribution is 0.0928. The fourth-order valence-electron chi connectivity index (χ4n) is 1.95. The van der Waals surface area contributed by atoms with E-state index in [0.717, 1.165) is 22.7 Å². The molecule has 0 fully saturated rings. The predicted molar refractivity (Wildman–Crippen MR) is 87.9 cm³/mol. The number of nitrogens with zero attached hydrogens (tertiary/aromatic N) is 1. The van der Waals surface area contributed by atoms with Crippen LogP contribution in [0.2, 0.25) is 0 Å². The minimum atomic E-state index is -0.133. The first-order valence-electron chi connectivity index (χ1n) is 6.90. The molecule has 0 radical (unpaired) electrons. The summed E-state index contributed by atoms with van der Waals surface area (Å²) >= 11 is 3.11. The molecule has 114 valence electrons. The third-order valence-electron chi connectivity index (χ3n) is 3.21. The number of amides is 1. The quantitative estimate of drug-likeness (QED) is 0.820. The third kappa shape index (κ3) is 4.62. The van der Waals surface area contributed by atoms with Crippen LogP contribution in [0.5, 0.6) is 0 Å². The van der Waals surface area contributed by atoms with Crippen molar-refractivity contribution in [2.24, 2.45) is 5.41 Å². The number of thiazole rings is 1. The average Bonchev–Trinajstić information content (AvgIpc) is 3.12. The van der Waals surface area contributed by atoms with Gasteiger partial charge in [0.05, 0.1) is 4.88 Å². The van der Waals surface area contributed by atoms with Crippen molar-refractivity contribution in [1.82, 2.24) is 10.3 Å². The summed E-state index contributed by atoms with van der Waals surface area (Å²) in [6, 6.07) is 3.98. The molecule has 0 aliphatic heterocycles. The summed E-state index contributed by atoms with van der Waals surface area (Å²) < 4.78 is 0. The number of carbonyl (C=O) groups excluding carboxylic acids is 1. The van der Waals surface area contributed by atoms with Gasteiger partial charge in [-0.15, -0.1) is 22.7 Å². The Morgan fingerprint density at radius 1 is 1.43 bits per heavy atom. The first kappa shape index (κ1) is 16.1. The highest BCUT2D eigenvalue weighted by atomic mass is 32.1. The summed E-state index contributed by atoms with van der Waals surface area (Å²) in [4.78, 5) is 17.6. The molecule has 2 rings (SSSR count). The van der Waals surface area contributed by atoms with Gasteiger partial charge in [-0.2, -0.15) is 0 Å². The van der Waals surface area contributed by atoms with Crippen LogP contribution in [0.4, 0.5) is 0 Å². The van der Waals surface area contributed by atoms with Gasteiger partial charge in [0, 0.05) is 18.5 Å². The van der Waals surface area contributed by atoms with Crippen molar-refractivity contribution < 1.29 is 9.90 Å². The Balaban J connectivity index is 1.92. The molecule has 0 spiro atoms. The van der Waals surface area contributed by atoms with Crippen LogP contribution < -0.4 is 5.32 Å². The second-order valence-electron chi connectivity index (χ2n) is 5.69. The van der Waals surface area contributed by atoms with Gasteiger partial charge in [0.25, 0.3) is 5.91 Å². The lowest BCUT2D eigenvalue weighted by Gasteiger charge is -2.24. The molecule has 0 unspecified atom stereocenters. The Bertz CT molecular complexity index is 576. The van der Waals surface area contributed by atoms with Gasteiger partial charge in [-0.3, -0.25) is 4.79 Å². The standard InChI is InChI=1S/C15H20N2O2S2/c1-15(2,6-4-7-18)10-16-13(19)11-9-21-14(17-11)12-5-3-8-20-12/h3,5,8-9,18H,4,6-7,10H2,1-2H3,(H,16,19). The lowest BCUT2D eigenvalue weighted by Crippen LogP contribution is -2.34. The summed E-state index contributed by atoms with van der Waals surface area (Å²) in [5.74, 6) is -0.133. The van der Waals surface area contributed by atoms with Gasteiger partial charge in [-0.1, -0.05) is 19.9 Å². The number of carbonyl (C=O) groups is 1. The number of nitrogens with one attached hydrogen (secondary N) is 1. The molecule has 0 bridgehead atoms. The largest absolute Gasteiger partial charge is 0.396 e. The summed E-state index contributed by atoms with van der Waals surface area (Å²) in [6.45, 7) is 4.94. The number of aliphatic hydroxyl groups is 1. The zero-order chi connectivity index (χ0) is 15.3. The van der Waals surface area contributed by atoms with Crippen LogP contribution in [0.3, 0.4) is 0 Å².